The Kier molecular flexibility index (Phi) is 4.32. The van der Waals surface area contributed by atoms with Crippen molar-refractivity contribution in [1.82, 2.24) is 10.6 Å². The van der Waals surface area contributed by atoms with E-state index >= 15 is 0 Å². The Morgan fingerprint density at radius 1 is 1.35 bits per heavy atom. The van der Waals surface area contributed by atoms with Crippen molar-refractivity contribution in [3.63, 3.8) is 0 Å². The third-order valence-electron chi connectivity index (χ3n) is 3.47. The van der Waals surface area contributed by atoms with Gasteiger partial charge in [0.25, 0.3) is 0 Å². The number of benzene rings is 1. The quantitative estimate of drug-likeness (QED) is 0.897. The number of amides is 1. The Labute approximate surface area is 115 Å². The first-order chi connectivity index (χ1) is 9.38. The topological polar surface area (TPSA) is 41.1 Å². The van der Waals surface area contributed by atoms with Crippen LogP contribution in [0.15, 0.2) is 24.3 Å². The van der Waals surface area contributed by atoms with E-state index in [9.17, 15) is 18.0 Å². The largest absolute Gasteiger partial charge is 0.416 e. The minimum Gasteiger partial charge on any atom is -0.348 e. The summed E-state index contributed by atoms with van der Waals surface area (Å²) < 4.78 is 37.4. The van der Waals surface area contributed by atoms with Gasteiger partial charge in [0, 0.05) is 0 Å². The molecule has 6 heteroatoms. The first kappa shape index (κ1) is 14.8. The third kappa shape index (κ3) is 3.50. The van der Waals surface area contributed by atoms with E-state index in [0.29, 0.717) is 5.56 Å². The van der Waals surface area contributed by atoms with Crippen molar-refractivity contribution in [2.45, 2.75) is 38.0 Å². The molecule has 0 aliphatic carbocycles. The Morgan fingerprint density at radius 2 is 2.00 bits per heavy atom. The van der Waals surface area contributed by atoms with Gasteiger partial charge in [-0.1, -0.05) is 12.1 Å². The zero-order chi connectivity index (χ0) is 14.8. The second kappa shape index (κ2) is 5.83. The number of hydrogen-bond acceptors (Lipinski definition) is 2. The SMILES string of the molecule is C[C@H](NC(=O)[C@H]1CCCN1)c1ccc(C(F)(F)F)cc1. The molecule has 1 saturated heterocycles. The predicted molar refractivity (Wildman–Crippen MR) is 69.0 cm³/mol. The fourth-order valence-electron chi connectivity index (χ4n) is 2.27. The van der Waals surface area contributed by atoms with E-state index in [1.807, 2.05) is 0 Å². The van der Waals surface area contributed by atoms with Gasteiger partial charge in [0.05, 0.1) is 17.6 Å². The fourth-order valence-corrected chi connectivity index (χ4v) is 2.27. The highest BCUT2D eigenvalue weighted by atomic mass is 19.4. The van der Waals surface area contributed by atoms with Crippen molar-refractivity contribution < 1.29 is 18.0 Å². The number of hydrogen-bond donors (Lipinski definition) is 2. The lowest BCUT2D eigenvalue weighted by Crippen LogP contribution is -2.41. The summed E-state index contributed by atoms with van der Waals surface area (Å²) in [5, 5.41) is 5.90. The van der Waals surface area contributed by atoms with Gasteiger partial charge in [-0.15, -0.1) is 0 Å². The van der Waals surface area contributed by atoms with Crippen LogP contribution in [0.3, 0.4) is 0 Å². The number of nitrogens with one attached hydrogen (secondary N) is 2. The molecular formula is C14H17F3N2O. The van der Waals surface area contributed by atoms with Crippen molar-refractivity contribution in [2.75, 3.05) is 6.54 Å². The molecular weight excluding hydrogens is 269 g/mol. The molecule has 2 N–H and O–H groups in total. The maximum absolute atomic E-state index is 12.5. The van der Waals surface area contributed by atoms with E-state index < -0.39 is 11.7 Å². The van der Waals surface area contributed by atoms with Gasteiger partial charge in [-0.25, -0.2) is 0 Å². The zero-order valence-electron chi connectivity index (χ0n) is 11.1. The molecule has 2 rings (SSSR count). The lowest BCUT2D eigenvalue weighted by molar-refractivity contribution is -0.137. The molecule has 0 spiro atoms. The van der Waals surface area contributed by atoms with Gasteiger partial charge in [-0.2, -0.15) is 13.2 Å². The molecule has 1 aromatic carbocycles. The van der Waals surface area contributed by atoms with Crippen LogP contribution in [-0.4, -0.2) is 18.5 Å². The smallest absolute Gasteiger partial charge is 0.348 e. The monoisotopic (exact) mass is 286 g/mol. The Balaban J connectivity index is 1.98. The lowest BCUT2D eigenvalue weighted by Gasteiger charge is -2.18. The van der Waals surface area contributed by atoms with Gasteiger partial charge < -0.3 is 10.6 Å². The van der Waals surface area contributed by atoms with Gasteiger partial charge >= 0.3 is 6.18 Å². The normalized spacial score (nSPS) is 20.7. The standard InChI is InChI=1S/C14H17F3N2O/c1-9(19-13(20)12-3-2-8-18-12)10-4-6-11(7-5-10)14(15,16)17/h4-7,9,12,18H,2-3,8H2,1H3,(H,19,20)/t9-,12+/m0/s1. The molecule has 1 aliphatic heterocycles. The van der Waals surface area contributed by atoms with Crippen molar-refractivity contribution in [2.24, 2.45) is 0 Å². The number of rotatable bonds is 3. The number of carbonyl (C=O) groups is 1. The van der Waals surface area contributed by atoms with Crippen molar-refractivity contribution in [3.8, 4) is 0 Å². The van der Waals surface area contributed by atoms with Crippen LogP contribution in [0.2, 0.25) is 0 Å². The van der Waals surface area contributed by atoms with Crippen LogP contribution in [-0.2, 0) is 11.0 Å². The van der Waals surface area contributed by atoms with E-state index in [2.05, 4.69) is 10.6 Å². The van der Waals surface area contributed by atoms with E-state index in [4.69, 9.17) is 0 Å². The van der Waals surface area contributed by atoms with E-state index in [0.717, 1.165) is 31.5 Å². The van der Waals surface area contributed by atoms with E-state index in [1.54, 1.807) is 6.92 Å². The molecule has 2 atom stereocenters. The maximum atomic E-state index is 12.5. The predicted octanol–water partition coefficient (Wildman–Crippen LogP) is 2.63. The van der Waals surface area contributed by atoms with Gasteiger partial charge in [0.2, 0.25) is 5.91 Å². The molecule has 0 radical (unpaired) electrons. The lowest BCUT2D eigenvalue weighted by atomic mass is 10.1. The van der Waals surface area contributed by atoms with Crippen LogP contribution in [0.1, 0.15) is 36.9 Å². The summed E-state index contributed by atoms with van der Waals surface area (Å²) >= 11 is 0. The molecule has 1 aromatic rings. The van der Waals surface area contributed by atoms with Gasteiger partial charge in [0.15, 0.2) is 0 Å². The Morgan fingerprint density at radius 3 is 2.50 bits per heavy atom. The molecule has 0 unspecified atom stereocenters. The average Bonchev–Trinajstić information content (AvgIpc) is 2.91. The summed E-state index contributed by atoms with van der Waals surface area (Å²) in [6, 6.07) is 4.36. The van der Waals surface area contributed by atoms with Crippen LogP contribution < -0.4 is 10.6 Å². The number of halogens is 3. The molecule has 0 saturated carbocycles. The molecule has 1 fully saturated rings. The maximum Gasteiger partial charge on any atom is 0.416 e. The molecule has 3 nitrogen and oxygen atoms in total. The van der Waals surface area contributed by atoms with Gasteiger partial charge in [-0.3, -0.25) is 4.79 Å². The summed E-state index contributed by atoms with van der Waals surface area (Å²) in [4.78, 5) is 11.9. The van der Waals surface area contributed by atoms with E-state index in [-0.39, 0.29) is 18.0 Å². The van der Waals surface area contributed by atoms with Crippen LogP contribution in [0.4, 0.5) is 13.2 Å². The summed E-state index contributed by atoms with van der Waals surface area (Å²) in [7, 11) is 0. The fraction of sp³-hybridized carbons (Fsp3) is 0.500. The minimum atomic E-state index is -4.33. The van der Waals surface area contributed by atoms with Crippen LogP contribution >= 0.6 is 0 Å². The van der Waals surface area contributed by atoms with Crippen molar-refractivity contribution in [1.29, 1.82) is 0 Å². The van der Waals surface area contributed by atoms with Crippen LogP contribution in [0.5, 0.6) is 0 Å². The Hall–Kier alpha value is -1.56. The number of carbonyl (C=O) groups excluding carboxylic acids is 1. The zero-order valence-corrected chi connectivity index (χ0v) is 11.1. The molecule has 1 amide bonds. The molecule has 0 aromatic heterocycles. The Bertz CT molecular complexity index is 464. The van der Waals surface area contributed by atoms with Crippen molar-refractivity contribution in [3.05, 3.63) is 35.4 Å². The molecule has 0 bridgehead atoms. The second-order valence-corrected chi connectivity index (χ2v) is 5.00. The van der Waals surface area contributed by atoms with Crippen molar-refractivity contribution >= 4 is 5.91 Å². The van der Waals surface area contributed by atoms with Gasteiger partial charge in [0.1, 0.15) is 0 Å². The third-order valence-corrected chi connectivity index (χ3v) is 3.47. The summed E-state index contributed by atoms with van der Waals surface area (Å²) in [5.74, 6) is -0.102. The molecule has 110 valence electrons. The highest BCUT2D eigenvalue weighted by Gasteiger charge is 2.30. The van der Waals surface area contributed by atoms with Gasteiger partial charge in [-0.05, 0) is 44.0 Å². The average molecular weight is 286 g/mol. The first-order valence-electron chi connectivity index (χ1n) is 6.59. The number of alkyl halides is 3. The second-order valence-electron chi connectivity index (χ2n) is 5.00. The highest BCUT2D eigenvalue weighted by Crippen LogP contribution is 2.29. The summed E-state index contributed by atoms with van der Waals surface area (Å²) in [5.41, 5.74) is -0.0263. The summed E-state index contributed by atoms with van der Waals surface area (Å²) in [6.07, 6.45) is -2.57. The highest BCUT2D eigenvalue weighted by molar-refractivity contribution is 5.82. The van der Waals surface area contributed by atoms with Crippen LogP contribution in [0.25, 0.3) is 0 Å². The summed E-state index contributed by atoms with van der Waals surface area (Å²) in [6.45, 7) is 2.59. The first-order valence-corrected chi connectivity index (χ1v) is 6.59. The van der Waals surface area contributed by atoms with Crippen LogP contribution in [0, 0.1) is 0 Å². The molecule has 1 aliphatic rings. The minimum absolute atomic E-state index is 0.102. The molecule has 1 heterocycles. The van der Waals surface area contributed by atoms with E-state index in [1.165, 1.54) is 12.1 Å². The molecule has 20 heavy (non-hydrogen) atoms.